The highest BCUT2D eigenvalue weighted by Gasteiger charge is 2.26. The predicted octanol–water partition coefficient (Wildman–Crippen LogP) is -0.682. The molecule has 5 nitrogen and oxygen atoms in total. The Kier molecular flexibility index (Phi) is 6.55. The number of nitrogens with one attached hydrogen (secondary N) is 1. The Bertz CT molecular complexity index is 187. The molecule has 0 aromatic carbocycles. The lowest BCUT2D eigenvalue weighted by molar-refractivity contribution is -0.157. The molecular weight excluding hydrogens is 197 g/mol. The van der Waals surface area contributed by atoms with Crippen LogP contribution in [0.1, 0.15) is 33.6 Å². The number of ether oxygens (including phenoxy) is 1. The quantitative estimate of drug-likeness (QED) is 0.400. The fourth-order valence-electron chi connectivity index (χ4n) is 1.26. The molecule has 1 aliphatic heterocycles. The van der Waals surface area contributed by atoms with Gasteiger partial charge in [0.2, 0.25) is 0 Å². The smallest absolute Gasteiger partial charge is 0.432 e. The van der Waals surface area contributed by atoms with Gasteiger partial charge in [0.25, 0.3) is 0 Å². The lowest BCUT2D eigenvalue weighted by Crippen LogP contribution is -2.37. The second-order valence-corrected chi connectivity index (χ2v) is 4.32. The van der Waals surface area contributed by atoms with E-state index in [9.17, 15) is 4.79 Å². The Balaban J connectivity index is 0.000000583. The van der Waals surface area contributed by atoms with Gasteiger partial charge in [0, 0.05) is 0 Å². The van der Waals surface area contributed by atoms with Gasteiger partial charge in [-0.3, -0.25) is 4.79 Å². The van der Waals surface area contributed by atoms with Crippen molar-refractivity contribution in [1.82, 2.24) is 5.32 Å². The van der Waals surface area contributed by atoms with Gasteiger partial charge in [0.05, 0.1) is 0 Å². The summed E-state index contributed by atoms with van der Waals surface area (Å²) in [6, 6.07) is -0.0655. The summed E-state index contributed by atoms with van der Waals surface area (Å²) >= 11 is 0. The van der Waals surface area contributed by atoms with E-state index in [4.69, 9.17) is 14.8 Å². The van der Waals surface area contributed by atoms with Gasteiger partial charge >= 0.3 is 13.7 Å². The van der Waals surface area contributed by atoms with Crippen molar-refractivity contribution in [2.75, 3.05) is 6.54 Å². The molecule has 0 radical (unpaired) electrons. The molecule has 3 N–H and O–H groups in total. The molecule has 1 aliphatic rings. The number of hydrogen-bond donors (Lipinski definition) is 3. The van der Waals surface area contributed by atoms with Crippen LogP contribution in [-0.4, -0.2) is 41.9 Å². The zero-order valence-corrected chi connectivity index (χ0v) is 9.62. The van der Waals surface area contributed by atoms with Gasteiger partial charge in [-0.1, -0.05) is 0 Å². The zero-order chi connectivity index (χ0) is 11.9. The van der Waals surface area contributed by atoms with E-state index in [1.165, 1.54) is 0 Å². The van der Waals surface area contributed by atoms with Gasteiger partial charge in [0.1, 0.15) is 11.6 Å². The second-order valence-electron chi connectivity index (χ2n) is 4.32. The van der Waals surface area contributed by atoms with Crippen molar-refractivity contribution >= 4 is 13.7 Å². The highest BCUT2D eigenvalue weighted by molar-refractivity contribution is 6.13. The van der Waals surface area contributed by atoms with Crippen molar-refractivity contribution in [3.8, 4) is 0 Å². The second kappa shape index (κ2) is 6.82. The topological polar surface area (TPSA) is 78.8 Å². The predicted molar refractivity (Wildman–Crippen MR) is 58.5 cm³/mol. The number of esters is 1. The molecule has 6 heteroatoms. The fraction of sp³-hybridized carbons (Fsp3) is 0.889. The average Bonchev–Trinajstić information content (AvgIpc) is 2.53. The summed E-state index contributed by atoms with van der Waals surface area (Å²) < 4.78 is 5.22. The molecule has 0 spiro atoms. The van der Waals surface area contributed by atoms with Crippen LogP contribution in [0.25, 0.3) is 0 Å². The maximum atomic E-state index is 11.4. The first-order chi connectivity index (χ1) is 6.90. The largest absolute Gasteiger partial charge is 0.459 e. The minimum atomic E-state index is -0.750. The van der Waals surface area contributed by atoms with Crippen LogP contribution in [0.4, 0.5) is 0 Å². The molecular formula is C9H20BNO4. The van der Waals surface area contributed by atoms with Crippen LogP contribution in [0.2, 0.25) is 0 Å². The third-order valence-corrected chi connectivity index (χ3v) is 1.75. The summed E-state index contributed by atoms with van der Waals surface area (Å²) in [5.41, 5.74) is -0.360. The molecule has 1 unspecified atom stereocenters. The Hall–Kier alpha value is -0.585. The monoisotopic (exact) mass is 217 g/mol. The lowest BCUT2D eigenvalue weighted by atomic mass is 10.2. The third-order valence-electron chi connectivity index (χ3n) is 1.75. The van der Waals surface area contributed by atoms with E-state index >= 15 is 0 Å². The van der Waals surface area contributed by atoms with Gasteiger partial charge < -0.3 is 20.1 Å². The van der Waals surface area contributed by atoms with E-state index in [1.807, 2.05) is 20.8 Å². The van der Waals surface area contributed by atoms with E-state index in [0.29, 0.717) is 0 Å². The molecule has 0 saturated carbocycles. The Labute approximate surface area is 91.1 Å². The van der Waals surface area contributed by atoms with Crippen molar-refractivity contribution in [3.05, 3.63) is 0 Å². The molecule has 1 atom stereocenters. The minimum absolute atomic E-state index is 0.0655. The van der Waals surface area contributed by atoms with Crippen LogP contribution >= 0.6 is 0 Å². The van der Waals surface area contributed by atoms with Crippen molar-refractivity contribution in [1.29, 1.82) is 0 Å². The molecule has 0 amide bonds. The van der Waals surface area contributed by atoms with Crippen LogP contribution in [0, 0.1) is 0 Å². The number of hydrogen-bond acceptors (Lipinski definition) is 5. The van der Waals surface area contributed by atoms with Crippen molar-refractivity contribution in [2.24, 2.45) is 0 Å². The van der Waals surface area contributed by atoms with Gasteiger partial charge in [-0.15, -0.1) is 0 Å². The Morgan fingerprint density at radius 1 is 1.47 bits per heavy atom. The summed E-state index contributed by atoms with van der Waals surface area (Å²) in [6.07, 6.45) is 1.98. The molecule has 0 aromatic heterocycles. The number of rotatable bonds is 1. The summed E-state index contributed by atoms with van der Waals surface area (Å²) in [4.78, 5) is 11.4. The molecule has 88 valence electrons. The highest BCUT2D eigenvalue weighted by atomic mass is 16.6. The van der Waals surface area contributed by atoms with E-state index in [0.717, 1.165) is 19.4 Å². The Morgan fingerprint density at radius 3 is 2.33 bits per heavy atom. The van der Waals surface area contributed by atoms with Crippen molar-refractivity contribution in [2.45, 2.75) is 45.3 Å². The maximum Gasteiger partial charge on any atom is 0.432 e. The molecule has 15 heavy (non-hydrogen) atoms. The molecule has 1 heterocycles. The molecule has 1 rings (SSSR count). The van der Waals surface area contributed by atoms with Crippen molar-refractivity contribution < 1.29 is 19.6 Å². The molecule has 0 aromatic rings. The fourth-order valence-corrected chi connectivity index (χ4v) is 1.26. The number of carbonyl (C=O) groups excluding carboxylic acids is 1. The molecule has 0 bridgehead atoms. The van der Waals surface area contributed by atoms with Gasteiger partial charge in [-0.25, -0.2) is 0 Å². The van der Waals surface area contributed by atoms with Crippen molar-refractivity contribution in [3.63, 3.8) is 0 Å². The summed E-state index contributed by atoms with van der Waals surface area (Å²) in [6.45, 7) is 6.60. The highest BCUT2D eigenvalue weighted by Crippen LogP contribution is 2.12. The number of carbonyl (C=O) groups is 1. The summed E-state index contributed by atoms with van der Waals surface area (Å²) in [5.74, 6) is -0.111. The lowest BCUT2D eigenvalue weighted by Gasteiger charge is -2.21. The van der Waals surface area contributed by atoms with E-state index in [-0.39, 0.29) is 17.6 Å². The van der Waals surface area contributed by atoms with Crippen LogP contribution in [0.15, 0.2) is 0 Å². The van der Waals surface area contributed by atoms with Gasteiger partial charge in [-0.2, -0.15) is 0 Å². The van der Waals surface area contributed by atoms with Crippen LogP contribution < -0.4 is 5.32 Å². The normalized spacial score (nSPS) is 20.2. The summed E-state index contributed by atoms with van der Waals surface area (Å²) in [7, 11) is -0.750. The van der Waals surface area contributed by atoms with Crippen LogP contribution in [0.5, 0.6) is 0 Å². The minimum Gasteiger partial charge on any atom is -0.459 e. The third kappa shape index (κ3) is 7.36. The van der Waals surface area contributed by atoms with Gasteiger partial charge in [0.15, 0.2) is 0 Å². The average molecular weight is 217 g/mol. The van der Waals surface area contributed by atoms with Crippen LogP contribution in [0.3, 0.4) is 0 Å². The first-order valence-corrected chi connectivity index (χ1v) is 5.08. The molecule has 0 aliphatic carbocycles. The molecule has 1 saturated heterocycles. The van der Waals surface area contributed by atoms with E-state index < -0.39 is 7.69 Å². The van der Waals surface area contributed by atoms with Gasteiger partial charge in [-0.05, 0) is 40.2 Å². The first-order valence-electron chi connectivity index (χ1n) is 5.08. The summed E-state index contributed by atoms with van der Waals surface area (Å²) in [5, 5.41) is 17.4. The zero-order valence-electron chi connectivity index (χ0n) is 9.62. The van der Waals surface area contributed by atoms with Crippen LogP contribution in [-0.2, 0) is 9.53 Å². The Morgan fingerprint density at radius 2 is 2.00 bits per heavy atom. The maximum absolute atomic E-state index is 11.4. The molecule has 1 fully saturated rings. The first kappa shape index (κ1) is 14.4. The van der Waals surface area contributed by atoms with E-state index in [1.54, 1.807) is 0 Å². The standard InChI is InChI=1S/C9H17NO2.BH3O2/c1-9(2,3)12-8(11)7-5-4-6-10-7;2-1-3/h7,10H,4-6H2,1-3H3;1-3H. The SMILES string of the molecule is CC(C)(C)OC(=O)C1CCCN1.OBO. The van der Waals surface area contributed by atoms with E-state index in [2.05, 4.69) is 5.32 Å².